The van der Waals surface area contributed by atoms with Crippen molar-refractivity contribution in [2.75, 3.05) is 0 Å². The van der Waals surface area contributed by atoms with E-state index in [4.69, 9.17) is 10.9 Å². The van der Waals surface area contributed by atoms with Crippen LogP contribution in [-0.2, 0) is 4.79 Å². The number of nitrogens with zero attached hydrogens (tertiary/aromatic N) is 1. The van der Waals surface area contributed by atoms with Crippen LogP contribution in [0.4, 0.5) is 0 Å². The van der Waals surface area contributed by atoms with Crippen LogP contribution in [0.3, 0.4) is 0 Å². The van der Waals surface area contributed by atoms with Crippen molar-refractivity contribution in [3.63, 3.8) is 0 Å². The summed E-state index contributed by atoms with van der Waals surface area (Å²) >= 11 is 0. The molecule has 1 amide bonds. The van der Waals surface area contributed by atoms with Gasteiger partial charge in [-0.25, -0.2) is 0 Å². The zero-order valence-electron chi connectivity index (χ0n) is 9.11. The van der Waals surface area contributed by atoms with Gasteiger partial charge in [0, 0.05) is 6.04 Å². The lowest BCUT2D eigenvalue weighted by Gasteiger charge is -2.19. The Bertz CT molecular complexity index is 226. The second kappa shape index (κ2) is 5.47. The van der Waals surface area contributed by atoms with Crippen molar-refractivity contribution in [3.8, 4) is 0 Å². The summed E-state index contributed by atoms with van der Waals surface area (Å²) in [6, 6.07) is 0.0800. The van der Waals surface area contributed by atoms with Crippen molar-refractivity contribution in [1.82, 2.24) is 5.32 Å². The maximum atomic E-state index is 11.5. The Hall–Kier alpha value is -1.26. The number of amides is 1. The molecule has 5 heteroatoms. The lowest BCUT2D eigenvalue weighted by Crippen LogP contribution is -2.43. The Morgan fingerprint density at radius 3 is 2.21 bits per heavy atom. The average Bonchev–Trinajstić information content (AvgIpc) is 2.14. The van der Waals surface area contributed by atoms with E-state index < -0.39 is 5.92 Å². The lowest BCUT2D eigenvalue weighted by atomic mass is 10.0. The van der Waals surface area contributed by atoms with Crippen molar-refractivity contribution in [2.45, 2.75) is 33.7 Å². The van der Waals surface area contributed by atoms with Gasteiger partial charge in [-0.2, -0.15) is 0 Å². The number of oxime groups is 1. The fraction of sp³-hybridized carbons (Fsp3) is 0.778. The van der Waals surface area contributed by atoms with Crippen LogP contribution in [0.1, 0.15) is 27.7 Å². The molecule has 82 valence electrons. The van der Waals surface area contributed by atoms with Crippen LogP contribution < -0.4 is 11.1 Å². The zero-order chi connectivity index (χ0) is 11.3. The van der Waals surface area contributed by atoms with Gasteiger partial charge in [0.25, 0.3) is 0 Å². The molecule has 0 radical (unpaired) electrons. The predicted octanol–water partition coefficient (Wildman–Crippen LogP) is 0.530. The van der Waals surface area contributed by atoms with E-state index in [-0.39, 0.29) is 17.8 Å². The Kier molecular flexibility index (Phi) is 4.97. The summed E-state index contributed by atoms with van der Waals surface area (Å²) in [5.41, 5.74) is 5.31. The van der Waals surface area contributed by atoms with Gasteiger partial charge < -0.3 is 16.3 Å². The summed E-state index contributed by atoms with van der Waals surface area (Å²) in [7, 11) is 0. The fourth-order valence-electron chi connectivity index (χ4n) is 0.737. The molecule has 0 aromatic carbocycles. The molecule has 0 saturated carbocycles. The van der Waals surface area contributed by atoms with Crippen molar-refractivity contribution in [1.29, 1.82) is 0 Å². The highest BCUT2D eigenvalue weighted by Crippen LogP contribution is 2.02. The first-order valence-electron chi connectivity index (χ1n) is 4.68. The normalized spacial score (nSPS) is 16.5. The van der Waals surface area contributed by atoms with E-state index >= 15 is 0 Å². The second-order valence-corrected chi connectivity index (χ2v) is 3.79. The maximum absolute atomic E-state index is 11.5. The molecule has 2 atom stereocenters. The minimum Gasteiger partial charge on any atom is -0.409 e. The first kappa shape index (κ1) is 12.7. The molecule has 0 rings (SSSR count). The van der Waals surface area contributed by atoms with Crippen molar-refractivity contribution in [2.24, 2.45) is 22.7 Å². The van der Waals surface area contributed by atoms with Crippen LogP contribution in [-0.4, -0.2) is 23.0 Å². The highest BCUT2D eigenvalue weighted by Gasteiger charge is 2.20. The van der Waals surface area contributed by atoms with Crippen LogP contribution >= 0.6 is 0 Å². The number of carbonyl (C=O) groups excluding carboxylic acids is 1. The number of nitrogens with two attached hydrogens (primary N) is 1. The Morgan fingerprint density at radius 2 is 1.86 bits per heavy atom. The molecule has 0 saturated heterocycles. The largest absolute Gasteiger partial charge is 0.409 e. The zero-order valence-corrected chi connectivity index (χ0v) is 9.11. The van der Waals surface area contributed by atoms with Gasteiger partial charge in [-0.05, 0) is 19.8 Å². The molecule has 0 bridgehead atoms. The summed E-state index contributed by atoms with van der Waals surface area (Å²) in [5.74, 6) is -0.528. The molecular formula is C9H19N3O2. The van der Waals surface area contributed by atoms with Crippen molar-refractivity contribution >= 4 is 11.7 Å². The number of hydrogen-bond donors (Lipinski definition) is 3. The Morgan fingerprint density at radius 1 is 1.36 bits per heavy atom. The number of carbonyl (C=O) groups is 1. The van der Waals surface area contributed by atoms with Gasteiger partial charge in [-0.1, -0.05) is 19.0 Å². The molecule has 5 nitrogen and oxygen atoms in total. The molecule has 0 aliphatic carbocycles. The van der Waals surface area contributed by atoms with Crippen LogP contribution in [0.15, 0.2) is 5.16 Å². The number of rotatable bonds is 4. The highest BCUT2D eigenvalue weighted by atomic mass is 16.4. The smallest absolute Gasteiger partial charge is 0.230 e. The molecule has 2 unspecified atom stereocenters. The SMILES string of the molecule is CC(C(=O)NC(C)C(C)C)C(N)=NO. The van der Waals surface area contributed by atoms with Crippen LogP contribution in [0, 0.1) is 11.8 Å². The van der Waals surface area contributed by atoms with Gasteiger partial charge in [-0.3, -0.25) is 4.79 Å². The van der Waals surface area contributed by atoms with E-state index in [1.165, 1.54) is 0 Å². The topological polar surface area (TPSA) is 87.7 Å². The van der Waals surface area contributed by atoms with Crippen molar-refractivity contribution < 1.29 is 10.0 Å². The van der Waals surface area contributed by atoms with E-state index in [0.29, 0.717) is 5.92 Å². The minimum atomic E-state index is -0.596. The van der Waals surface area contributed by atoms with Crippen LogP contribution in [0.25, 0.3) is 0 Å². The van der Waals surface area contributed by atoms with Gasteiger partial charge in [0.15, 0.2) is 5.84 Å². The molecule has 14 heavy (non-hydrogen) atoms. The number of hydrogen-bond acceptors (Lipinski definition) is 3. The van der Waals surface area contributed by atoms with Gasteiger partial charge in [-0.15, -0.1) is 0 Å². The predicted molar refractivity (Wildman–Crippen MR) is 55.0 cm³/mol. The number of nitrogens with one attached hydrogen (secondary N) is 1. The van der Waals surface area contributed by atoms with E-state index in [1.807, 2.05) is 20.8 Å². The van der Waals surface area contributed by atoms with Crippen LogP contribution in [0.2, 0.25) is 0 Å². The third-order valence-electron chi connectivity index (χ3n) is 2.32. The maximum Gasteiger partial charge on any atom is 0.230 e. The minimum absolute atomic E-state index is 0.0709. The average molecular weight is 201 g/mol. The quantitative estimate of drug-likeness (QED) is 0.268. The van der Waals surface area contributed by atoms with E-state index in [9.17, 15) is 4.79 Å². The van der Waals surface area contributed by atoms with E-state index in [0.717, 1.165) is 0 Å². The Balaban J connectivity index is 4.22. The second-order valence-electron chi connectivity index (χ2n) is 3.79. The standard InChI is InChI=1S/C9H19N3O2/c1-5(2)7(4)11-9(13)6(3)8(10)12-14/h5-7,14H,1-4H3,(H2,10,12)(H,11,13). The van der Waals surface area contributed by atoms with Gasteiger partial charge in [0.05, 0.1) is 5.92 Å². The molecule has 0 fully saturated rings. The van der Waals surface area contributed by atoms with Gasteiger partial charge >= 0.3 is 0 Å². The third-order valence-corrected chi connectivity index (χ3v) is 2.32. The summed E-state index contributed by atoms with van der Waals surface area (Å²) in [6.07, 6.45) is 0. The molecule has 4 N–H and O–H groups in total. The molecule has 0 aliphatic rings. The fourth-order valence-corrected chi connectivity index (χ4v) is 0.737. The highest BCUT2D eigenvalue weighted by molar-refractivity contribution is 6.01. The van der Waals surface area contributed by atoms with Gasteiger partial charge in [0.1, 0.15) is 0 Å². The summed E-state index contributed by atoms with van der Waals surface area (Å²) < 4.78 is 0. The Labute approximate surface area is 84.4 Å². The molecule has 0 heterocycles. The van der Waals surface area contributed by atoms with Gasteiger partial charge in [0.2, 0.25) is 5.91 Å². The molecular weight excluding hydrogens is 182 g/mol. The van der Waals surface area contributed by atoms with E-state index in [2.05, 4.69) is 10.5 Å². The summed E-state index contributed by atoms with van der Waals surface area (Å²) in [4.78, 5) is 11.5. The first-order valence-corrected chi connectivity index (χ1v) is 4.68. The summed E-state index contributed by atoms with van der Waals surface area (Å²) in [5, 5.41) is 14.0. The lowest BCUT2D eigenvalue weighted by molar-refractivity contribution is -0.123. The summed E-state index contributed by atoms with van der Waals surface area (Å²) in [6.45, 7) is 7.54. The van der Waals surface area contributed by atoms with Crippen molar-refractivity contribution in [3.05, 3.63) is 0 Å². The molecule has 0 aliphatic heterocycles. The monoisotopic (exact) mass is 201 g/mol. The van der Waals surface area contributed by atoms with E-state index in [1.54, 1.807) is 6.92 Å². The van der Waals surface area contributed by atoms with Crippen LogP contribution in [0.5, 0.6) is 0 Å². The number of amidine groups is 1. The molecule has 0 aromatic rings. The third kappa shape index (κ3) is 3.64. The first-order chi connectivity index (χ1) is 6.40. The molecule has 0 spiro atoms. The molecule has 0 aromatic heterocycles.